The van der Waals surface area contributed by atoms with Crippen molar-refractivity contribution in [2.45, 2.75) is 26.3 Å². The Morgan fingerprint density at radius 3 is 2.43 bits per heavy atom. The van der Waals surface area contributed by atoms with Crippen molar-refractivity contribution in [2.24, 2.45) is 0 Å². The van der Waals surface area contributed by atoms with Gasteiger partial charge in [0.15, 0.2) is 6.61 Å². The van der Waals surface area contributed by atoms with Crippen LogP contribution in [0.4, 0.5) is 5.69 Å². The maximum absolute atomic E-state index is 12.1. The molecule has 0 bridgehead atoms. The van der Waals surface area contributed by atoms with Crippen LogP contribution in [0.3, 0.4) is 0 Å². The number of carbonyl (C=O) groups is 2. The van der Waals surface area contributed by atoms with Gasteiger partial charge in [-0.1, -0.05) is 37.3 Å². The molecular formula is C22H23N3O3. The average molecular weight is 377 g/mol. The molecule has 2 aromatic carbocycles. The molecule has 2 aromatic rings. The molecule has 0 aliphatic rings. The fourth-order valence-corrected chi connectivity index (χ4v) is 2.25. The van der Waals surface area contributed by atoms with Crippen molar-refractivity contribution >= 4 is 23.6 Å². The van der Waals surface area contributed by atoms with E-state index in [1.54, 1.807) is 36.4 Å². The number of amides is 2. The Morgan fingerprint density at radius 2 is 1.82 bits per heavy atom. The highest BCUT2D eigenvalue weighted by Gasteiger charge is 2.11. The highest BCUT2D eigenvalue weighted by molar-refractivity contribution is 6.01. The quantitative estimate of drug-likeness (QED) is 0.544. The first kappa shape index (κ1) is 20.7. The Labute approximate surface area is 164 Å². The summed E-state index contributed by atoms with van der Waals surface area (Å²) in [5.74, 6) is -0.138. The van der Waals surface area contributed by atoms with E-state index in [9.17, 15) is 14.9 Å². The monoisotopic (exact) mass is 377 g/mol. The van der Waals surface area contributed by atoms with Crippen molar-refractivity contribution < 1.29 is 14.3 Å². The standard InChI is InChI=1S/C22H23N3O3/c1-3-16(2)24-22(27)18(14-23)13-17-9-11-20(12-10-17)28-15-21(26)25-19-7-5-4-6-8-19/h4-13,16H,3,15H2,1-2H3,(H,24,27)(H,25,26)/b18-13+/t16-/m0/s1. The summed E-state index contributed by atoms with van der Waals surface area (Å²) in [6.45, 7) is 3.72. The van der Waals surface area contributed by atoms with Gasteiger partial charge in [0.05, 0.1) is 0 Å². The molecule has 0 heterocycles. The highest BCUT2D eigenvalue weighted by atomic mass is 16.5. The van der Waals surface area contributed by atoms with Crippen molar-refractivity contribution in [1.82, 2.24) is 5.32 Å². The summed E-state index contributed by atoms with van der Waals surface area (Å²) in [6, 6.07) is 17.9. The summed E-state index contributed by atoms with van der Waals surface area (Å²) >= 11 is 0. The van der Waals surface area contributed by atoms with E-state index in [1.165, 1.54) is 6.08 Å². The van der Waals surface area contributed by atoms with Crippen molar-refractivity contribution in [1.29, 1.82) is 5.26 Å². The number of rotatable bonds is 8. The van der Waals surface area contributed by atoms with Crippen molar-refractivity contribution in [3.05, 3.63) is 65.7 Å². The van der Waals surface area contributed by atoms with E-state index in [2.05, 4.69) is 10.6 Å². The summed E-state index contributed by atoms with van der Waals surface area (Å²) in [5.41, 5.74) is 1.43. The van der Waals surface area contributed by atoms with Crippen molar-refractivity contribution in [3.8, 4) is 11.8 Å². The van der Waals surface area contributed by atoms with Crippen LogP contribution in [0.2, 0.25) is 0 Å². The molecule has 2 N–H and O–H groups in total. The molecule has 0 unspecified atom stereocenters. The Bertz CT molecular complexity index is 868. The van der Waals surface area contributed by atoms with Gasteiger partial charge >= 0.3 is 0 Å². The summed E-state index contributed by atoms with van der Waals surface area (Å²) < 4.78 is 5.46. The van der Waals surface area contributed by atoms with E-state index in [0.29, 0.717) is 17.0 Å². The minimum atomic E-state index is -0.394. The number of ether oxygens (including phenoxy) is 1. The van der Waals surface area contributed by atoms with Crippen molar-refractivity contribution in [2.75, 3.05) is 11.9 Å². The lowest BCUT2D eigenvalue weighted by atomic mass is 10.1. The van der Waals surface area contributed by atoms with Gasteiger partial charge in [-0.25, -0.2) is 0 Å². The Hall–Kier alpha value is -3.59. The minimum absolute atomic E-state index is 0.00191. The van der Waals surface area contributed by atoms with Crippen LogP contribution in [0.5, 0.6) is 5.75 Å². The normalized spacial score (nSPS) is 11.8. The van der Waals surface area contributed by atoms with Gasteiger partial charge in [-0.15, -0.1) is 0 Å². The third-order valence-corrected chi connectivity index (χ3v) is 3.97. The van der Waals surface area contributed by atoms with Gasteiger partial charge in [-0.05, 0) is 49.2 Å². The molecule has 0 fully saturated rings. The van der Waals surface area contributed by atoms with E-state index < -0.39 is 5.91 Å². The van der Waals surface area contributed by atoms with Gasteiger partial charge in [-0.2, -0.15) is 5.26 Å². The molecule has 0 aliphatic carbocycles. The smallest absolute Gasteiger partial charge is 0.262 e. The maximum Gasteiger partial charge on any atom is 0.262 e. The predicted octanol–water partition coefficient (Wildman–Crippen LogP) is 3.53. The summed E-state index contributed by atoms with van der Waals surface area (Å²) in [4.78, 5) is 24.0. The molecule has 0 aromatic heterocycles. The van der Waals surface area contributed by atoms with Gasteiger partial charge < -0.3 is 15.4 Å². The third kappa shape index (κ3) is 6.61. The van der Waals surface area contributed by atoms with E-state index in [-0.39, 0.29) is 24.1 Å². The number of carbonyl (C=O) groups excluding carboxylic acids is 2. The molecule has 2 rings (SSSR count). The fourth-order valence-electron chi connectivity index (χ4n) is 2.25. The number of benzene rings is 2. The van der Waals surface area contributed by atoms with Crippen LogP contribution in [0.1, 0.15) is 25.8 Å². The van der Waals surface area contributed by atoms with Crippen molar-refractivity contribution in [3.63, 3.8) is 0 Å². The van der Waals surface area contributed by atoms with Crippen LogP contribution >= 0.6 is 0 Å². The fraction of sp³-hybridized carbons (Fsp3) is 0.227. The SMILES string of the molecule is CC[C@H](C)NC(=O)/C(C#N)=C/c1ccc(OCC(=O)Nc2ccccc2)cc1. The second-order valence-electron chi connectivity index (χ2n) is 6.22. The number of para-hydroxylation sites is 1. The first-order valence-corrected chi connectivity index (χ1v) is 9.02. The van der Waals surface area contributed by atoms with E-state index in [1.807, 2.05) is 38.1 Å². The maximum atomic E-state index is 12.1. The zero-order chi connectivity index (χ0) is 20.4. The second kappa shape index (κ2) is 10.5. The molecule has 6 nitrogen and oxygen atoms in total. The van der Waals surface area contributed by atoms with E-state index in [0.717, 1.165) is 6.42 Å². The minimum Gasteiger partial charge on any atom is -0.484 e. The topological polar surface area (TPSA) is 91.2 Å². The Balaban J connectivity index is 1.92. The summed E-state index contributed by atoms with van der Waals surface area (Å²) in [6.07, 6.45) is 2.30. The molecule has 28 heavy (non-hydrogen) atoms. The molecule has 0 saturated carbocycles. The third-order valence-electron chi connectivity index (χ3n) is 3.97. The molecule has 0 saturated heterocycles. The zero-order valence-corrected chi connectivity index (χ0v) is 15.9. The predicted molar refractivity (Wildman–Crippen MR) is 108 cm³/mol. The number of hydrogen-bond acceptors (Lipinski definition) is 4. The largest absolute Gasteiger partial charge is 0.484 e. The lowest BCUT2D eigenvalue weighted by Gasteiger charge is -2.10. The number of anilines is 1. The van der Waals surface area contributed by atoms with Gasteiger partial charge in [0.1, 0.15) is 17.4 Å². The molecule has 2 amide bonds. The molecular weight excluding hydrogens is 354 g/mol. The lowest BCUT2D eigenvalue weighted by Crippen LogP contribution is -2.32. The molecule has 0 spiro atoms. The second-order valence-corrected chi connectivity index (χ2v) is 6.22. The summed E-state index contributed by atoms with van der Waals surface area (Å²) in [7, 11) is 0. The van der Waals surface area contributed by atoms with E-state index >= 15 is 0 Å². The van der Waals surface area contributed by atoms with Gasteiger partial charge in [0, 0.05) is 11.7 Å². The molecule has 0 aliphatic heterocycles. The average Bonchev–Trinajstić information content (AvgIpc) is 2.71. The van der Waals surface area contributed by atoms with Gasteiger partial charge in [0.2, 0.25) is 0 Å². The first-order valence-electron chi connectivity index (χ1n) is 9.02. The molecule has 144 valence electrons. The number of hydrogen-bond donors (Lipinski definition) is 2. The molecule has 1 atom stereocenters. The molecule has 6 heteroatoms. The van der Waals surface area contributed by atoms with E-state index in [4.69, 9.17) is 4.74 Å². The van der Waals surface area contributed by atoms with Crippen LogP contribution in [-0.4, -0.2) is 24.5 Å². The highest BCUT2D eigenvalue weighted by Crippen LogP contribution is 2.15. The number of nitrogens with zero attached hydrogens (tertiary/aromatic N) is 1. The van der Waals surface area contributed by atoms with Crippen LogP contribution < -0.4 is 15.4 Å². The van der Waals surface area contributed by atoms with Crippen LogP contribution in [-0.2, 0) is 9.59 Å². The first-order chi connectivity index (χ1) is 13.5. The lowest BCUT2D eigenvalue weighted by molar-refractivity contribution is -0.118. The number of nitrogens with one attached hydrogen (secondary N) is 2. The Kier molecular flexibility index (Phi) is 7.79. The Morgan fingerprint density at radius 1 is 1.14 bits per heavy atom. The van der Waals surface area contributed by atoms with Crippen LogP contribution in [0, 0.1) is 11.3 Å². The van der Waals surface area contributed by atoms with Gasteiger partial charge in [0.25, 0.3) is 11.8 Å². The summed E-state index contributed by atoms with van der Waals surface area (Å²) in [5, 5.41) is 14.7. The number of nitriles is 1. The zero-order valence-electron chi connectivity index (χ0n) is 15.9. The van der Waals surface area contributed by atoms with Gasteiger partial charge in [-0.3, -0.25) is 9.59 Å². The van der Waals surface area contributed by atoms with Crippen LogP contribution in [0.15, 0.2) is 60.2 Å². The molecule has 0 radical (unpaired) electrons. The van der Waals surface area contributed by atoms with Crippen LogP contribution in [0.25, 0.3) is 6.08 Å².